The molecule has 0 spiro atoms. The van der Waals surface area contributed by atoms with E-state index in [4.69, 9.17) is 0 Å². The number of nitrogens with one attached hydrogen (secondary N) is 6. The van der Waals surface area contributed by atoms with E-state index in [-0.39, 0.29) is 11.1 Å². The summed E-state index contributed by atoms with van der Waals surface area (Å²) >= 11 is 0. The van der Waals surface area contributed by atoms with Crippen LogP contribution in [0.5, 0.6) is 0 Å². The largest absolute Gasteiger partial charge is 0.354 e. The first-order valence-corrected chi connectivity index (χ1v) is 33.0. The molecule has 2 aliphatic heterocycles. The molecule has 0 fully saturated rings. The minimum atomic E-state index is -2.76. The molecule has 8 nitrogen and oxygen atoms in total. The Hall–Kier alpha value is -14.1. The second kappa shape index (κ2) is 27.3. The molecule has 594 valence electrons. The Balaban J connectivity index is 0.999. The number of benzene rings is 7. The van der Waals surface area contributed by atoms with Crippen LogP contribution in [0.3, 0.4) is 0 Å². The number of hydrogen-bond acceptors (Lipinski definition) is 2. The lowest BCUT2D eigenvalue weighted by Gasteiger charge is -2.11. The van der Waals surface area contributed by atoms with Crippen molar-refractivity contribution >= 4 is 90.5 Å². The molecule has 0 saturated carbocycles. The highest BCUT2D eigenvalue weighted by molar-refractivity contribution is 6.07. The van der Waals surface area contributed by atoms with Gasteiger partial charge in [0.2, 0.25) is 34.9 Å². The fourth-order valence-electron chi connectivity index (χ4n) is 14.3. The van der Waals surface area contributed by atoms with Gasteiger partial charge in [-0.15, -0.1) is 0 Å². The Morgan fingerprint density at radius 1 is 0.153 bits per heavy atom. The van der Waals surface area contributed by atoms with E-state index < -0.39 is 341 Å². The maximum Gasteiger partial charge on any atom is 0.200 e. The second-order valence-corrected chi connectivity index (χ2v) is 26.0. The summed E-state index contributed by atoms with van der Waals surface area (Å²) in [4.78, 5) is 23.6. The summed E-state index contributed by atoms with van der Waals surface area (Å²) in [6.07, 6.45) is 3.42. The van der Waals surface area contributed by atoms with Crippen molar-refractivity contribution in [2.75, 3.05) is 0 Å². The molecule has 38 heteroatoms. The first-order valence-electron chi connectivity index (χ1n) is 33.0. The van der Waals surface area contributed by atoms with Gasteiger partial charge in [-0.25, -0.2) is 142 Å². The molecule has 0 unspecified atom stereocenters. The highest BCUT2D eigenvalue weighted by atomic mass is 19.2. The van der Waals surface area contributed by atoms with Crippen LogP contribution in [0, 0.1) is 175 Å². The lowest BCUT2D eigenvalue weighted by molar-refractivity contribution is 0.381. The predicted octanol–water partition coefficient (Wildman–Crippen LogP) is 25.2. The van der Waals surface area contributed by atoms with Crippen LogP contribution in [-0.4, -0.2) is 39.9 Å². The minimum absolute atomic E-state index is 0.281. The molecule has 0 atom stereocenters. The molecule has 6 N–H and O–H groups in total. The molecular weight excluding hydrogens is 1640 g/mol. The van der Waals surface area contributed by atoms with E-state index in [1.54, 1.807) is 0 Å². The van der Waals surface area contributed by atoms with E-state index in [0.29, 0.717) is 48.5 Å². The highest BCUT2D eigenvalue weighted by Gasteiger charge is 2.38. The van der Waals surface area contributed by atoms with Gasteiger partial charge in [-0.3, -0.25) is 0 Å². The zero-order valence-electron chi connectivity index (χ0n) is 56.6. The van der Waals surface area contributed by atoms with Gasteiger partial charge < -0.3 is 29.9 Å². The van der Waals surface area contributed by atoms with Gasteiger partial charge in [0, 0.05) is 99.7 Å². The van der Waals surface area contributed by atoms with Crippen LogP contribution in [-0.2, 0) is 0 Å². The van der Waals surface area contributed by atoms with Crippen LogP contribution in [0.25, 0.3) is 180 Å². The number of aromatic nitrogens is 8. The average Bonchev–Trinajstić information content (AvgIpc) is 1.55. The van der Waals surface area contributed by atoms with E-state index in [9.17, 15) is 17.6 Å². The number of H-pyrrole nitrogens is 6. The Kier molecular flexibility index (Phi) is 17.7. The summed E-state index contributed by atoms with van der Waals surface area (Å²) < 4.78 is 474. The van der Waals surface area contributed by atoms with Crippen molar-refractivity contribution < 1.29 is 132 Å². The molecule has 0 saturated heterocycles. The summed E-state index contributed by atoms with van der Waals surface area (Å²) in [6.45, 7) is 0. The third-order valence-electron chi connectivity index (χ3n) is 19.6. The Bertz CT molecular complexity index is 6840. The van der Waals surface area contributed by atoms with Gasteiger partial charge in [0.15, 0.2) is 140 Å². The van der Waals surface area contributed by atoms with Crippen molar-refractivity contribution in [1.29, 1.82) is 0 Å². The monoisotopic (exact) mass is 1670 g/mol. The second-order valence-electron chi connectivity index (χ2n) is 26.0. The molecule has 2 aliphatic rings. The number of nitrogens with zero attached hydrogens (tertiary/aromatic N) is 2. The molecule has 7 aromatic carbocycles. The van der Waals surface area contributed by atoms with Crippen LogP contribution >= 0.6 is 0 Å². The third kappa shape index (κ3) is 11.1. The highest BCUT2D eigenvalue weighted by Crippen LogP contribution is 2.49. The summed E-state index contributed by atoms with van der Waals surface area (Å²) in [5.41, 5.74) is -32.7. The van der Waals surface area contributed by atoms with Crippen LogP contribution in [0.1, 0.15) is 22.8 Å². The van der Waals surface area contributed by atoms with E-state index in [0.717, 1.165) is 60.7 Å². The van der Waals surface area contributed by atoms with Gasteiger partial charge in [0.25, 0.3) is 0 Å². The minimum Gasteiger partial charge on any atom is -0.354 e. The third-order valence-corrected chi connectivity index (χ3v) is 19.6. The fraction of sp³-hybridized carbons (Fsp3) is 0. The molecular formula is C80H24F30N8. The molecule has 8 aromatic heterocycles. The molecule has 10 heterocycles. The van der Waals surface area contributed by atoms with Gasteiger partial charge in [0.05, 0.1) is 67.2 Å². The zero-order chi connectivity index (χ0) is 84.2. The van der Waals surface area contributed by atoms with Crippen molar-refractivity contribution in [3.05, 3.63) is 282 Å². The van der Waals surface area contributed by atoms with E-state index in [2.05, 4.69) is 39.9 Å². The summed E-state index contributed by atoms with van der Waals surface area (Å²) in [6, 6.07) is 11.5. The molecule has 0 amide bonds. The van der Waals surface area contributed by atoms with E-state index in [1.165, 1.54) is 0 Å². The van der Waals surface area contributed by atoms with Gasteiger partial charge in [-0.1, -0.05) is 24.3 Å². The first-order chi connectivity index (χ1) is 56.0. The van der Waals surface area contributed by atoms with Crippen molar-refractivity contribution in [3.8, 4) is 89.0 Å². The first kappa shape index (κ1) is 76.5. The van der Waals surface area contributed by atoms with Gasteiger partial charge >= 0.3 is 0 Å². The predicted molar refractivity (Wildman–Crippen MR) is 366 cm³/mol. The van der Waals surface area contributed by atoms with E-state index in [1.807, 2.05) is 0 Å². The lowest BCUT2D eigenvalue weighted by atomic mass is 9.99. The SMILES string of the molecule is Fc1c(F)c(F)c(-c2c3nc(c4[nH]c(cc4-c4ccc(-c5cc6[nH]c5c5nc(c(-c7c(F)c(F)c(F)c(F)c7F)c7ccc([nH]7)c(-c7c(F)c(F)c(F)c(F)c7F)c7ccc([nH]7)c6-c6c(F)c(F)c(F)c(F)c6F)C=C5)cc4)c(-c4c(F)c(F)c(F)c(F)c4F)c4ccc([nH]4)c(-c4c(F)c(F)c(F)c(F)c4F)c4ccc2[nH]4)C=C3)c(F)c1F. The van der Waals surface area contributed by atoms with Gasteiger partial charge in [-0.05, 0) is 96.1 Å². The van der Waals surface area contributed by atoms with Crippen molar-refractivity contribution in [2.24, 2.45) is 0 Å². The van der Waals surface area contributed by atoms with Crippen molar-refractivity contribution in [3.63, 3.8) is 0 Å². The number of halogens is 30. The molecule has 17 rings (SSSR count). The standard InChI is InChI=1S/C80H24F30N8/c81-49-43(50(82)62(94)73(105)61(49)93)37-23-5-7-27(111-23)39(45-53(85)65(97)75(107)66(98)54(45)86)29-13-15-33(115-29)79-21(17-35(117-79)41(31-11-9-25(37)113-31)47-57(89)69(101)77(109)70(102)58(47)90)19-1-2-20(4-3-19)22-18-36-42(48-59(91)71(103)78(110)72(104)60(48)92)32-12-10-26(114-32)38(44-51(83)63(95)74(106)64(96)52(44)84)24-6-8-28(112-24)40(30-14-16-34(116-30)80(22)118-36)46-55(87)67(99)76(108)68(100)56(46)88/h1-18,111-114,117-118H. The maximum absolute atomic E-state index is 16.7. The summed E-state index contributed by atoms with van der Waals surface area (Å²) in [5, 5.41) is 0. The smallest absolute Gasteiger partial charge is 0.200 e. The van der Waals surface area contributed by atoms with Crippen LogP contribution in [0.15, 0.2) is 84.9 Å². The van der Waals surface area contributed by atoms with E-state index >= 15 is 114 Å². The number of aromatic amines is 6. The Morgan fingerprint density at radius 3 is 0.517 bits per heavy atom. The van der Waals surface area contributed by atoms with Crippen LogP contribution < -0.4 is 0 Å². The molecule has 0 aliphatic carbocycles. The fourth-order valence-corrected chi connectivity index (χ4v) is 14.3. The normalized spacial score (nSPS) is 12.3. The Labute approximate surface area is 631 Å². The average molecular weight is 1670 g/mol. The quantitative estimate of drug-likeness (QED) is 0.0516. The molecule has 0 radical (unpaired) electrons. The lowest BCUT2D eigenvalue weighted by Crippen LogP contribution is -2.05. The molecule has 118 heavy (non-hydrogen) atoms. The summed E-state index contributed by atoms with van der Waals surface area (Å²) in [7, 11) is 0. The van der Waals surface area contributed by atoms with Gasteiger partial charge in [-0.2, -0.15) is 0 Å². The van der Waals surface area contributed by atoms with Crippen LogP contribution in [0.2, 0.25) is 0 Å². The van der Waals surface area contributed by atoms with Gasteiger partial charge in [0.1, 0.15) is 0 Å². The number of rotatable bonds is 8. The summed E-state index contributed by atoms with van der Waals surface area (Å²) in [5.74, 6) is -79.5. The maximum atomic E-state index is 16.7. The zero-order valence-corrected chi connectivity index (χ0v) is 56.6. The van der Waals surface area contributed by atoms with Crippen molar-refractivity contribution in [2.45, 2.75) is 0 Å². The Morgan fingerprint density at radius 2 is 0.314 bits per heavy atom. The molecule has 15 aromatic rings. The van der Waals surface area contributed by atoms with Crippen molar-refractivity contribution in [1.82, 2.24) is 39.9 Å². The van der Waals surface area contributed by atoms with Crippen LogP contribution in [0.4, 0.5) is 132 Å². The number of fused-ring (bicyclic) bond motifs is 18. The topological polar surface area (TPSA) is 121 Å². The molecule has 16 bridgehead atoms. The number of hydrogen-bond donors (Lipinski definition) is 6.